The number of fused-ring (bicyclic) bond motifs is 2. The Balaban J connectivity index is 1.43. The third kappa shape index (κ3) is 2.45. The minimum Gasteiger partial charge on any atom is -0.490 e. The van der Waals surface area contributed by atoms with E-state index in [0.717, 1.165) is 46.5 Å². The zero-order chi connectivity index (χ0) is 17.7. The van der Waals surface area contributed by atoms with E-state index in [1.54, 1.807) is 12.4 Å². The molecule has 0 atom stereocenters. The highest BCUT2D eigenvalue weighted by Gasteiger charge is 2.41. The van der Waals surface area contributed by atoms with Gasteiger partial charge in [-0.1, -0.05) is 6.92 Å². The molecule has 3 aromatic heterocycles. The number of ether oxygens (including phenoxy) is 1. The van der Waals surface area contributed by atoms with Gasteiger partial charge in [-0.15, -0.1) is 0 Å². The van der Waals surface area contributed by atoms with E-state index in [4.69, 9.17) is 4.74 Å². The molecule has 1 aliphatic rings. The van der Waals surface area contributed by atoms with Gasteiger partial charge in [0.25, 0.3) is 0 Å². The summed E-state index contributed by atoms with van der Waals surface area (Å²) in [5.74, 6) is 1.81. The van der Waals surface area contributed by atoms with Crippen LogP contribution in [-0.2, 0) is 0 Å². The van der Waals surface area contributed by atoms with E-state index in [2.05, 4.69) is 44.6 Å². The normalized spacial score (nSPS) is 22.6. The monoisotopic (exact) mass is 348 g/mol. The second-order valence-electron chi connectivity index (χ2n) is 7.47. The Kier molecular flexibility index (Phi) is 3.30. The SMILES string of the molecule is CC1(CO)CC(Oc2ccc3c(ccn3-c3cc4nccnc4[nH]3)c2)C1. The molecule has 6 nitrogen and oxygen atoms in total. The van der Waals surface area contributed by atoms with Crippen molar-refractivity contribution in [3.8, 4) is 11.6 Å². The van der Waals surface area contributed by atoms with E-state index in [0.29, 0.717) is 0 Å². The maximum absolute atomic E-state index is 9.36. The molecule has 0 bridgehead atoms. The number of hydrogen-bond acceptors (Lipinski definition) is 4. The molecule has 2 N–H and O–H groups in total. The first-order valence-corrected chi connectivity index (χ1v) is 8.82. The predicted octanol–water partition coefficient (Wildman–Crippen LogP) is 3.44. The van der Waals surface area contributed by atoms with Crippen LogP contribution in [0.2, 0.25) is 0 Å². The van der Waals surface area contributed by atoms with Crippen molar-refractivity contribution in [1.29, 1.82) is 0 Å². The smallest absolute Gasteiger partial charge is 0.157 e. The van der Waals surface area contributed by atoms with Crippen molar-refractivity contribution in [2.45, 2.75) is 25.9 Å². The van der Waals surface area contributed by atoms with Crippen LogP contribution in [0.25, 0.3) is 27.9 Å². The number of rotatable bonds is 4. The van der Waals surface area contributed by atoms with Crippen LogP contribution in [0.15, 0.2) is 48.9 Å². The fraction of sp³-hybridized carbons (Fsp3) is 0.300. The molecular formula is C20H20N4O2. The summed E-state index contributed by atoms with van der Waals surface area (Å²) in [4.78, 5) is 11.9. The molecule has 0 spiro atoms. The summed E-state index contributed by atoms with van der Waals surface area (Å²) in [6, 6.07) is 10.2. The van der Waals surface area contributed by atoms with E-state index in [1.165, 1.54) is 0 Å². The van der Waals surface area contributed by atoms with Gasteiger partial charge in [0.05, 0.1) is 11.6 Å². The Bertz CT molecular complexity index is 1060. The summed E-state index contributed by atoms with van der Waals surface area (Å²) in [5, 5.41) is 10.5. The van der Waals surface area contributed by atoms with Gasteiger partial charge < -0.3 is 19.4 Å². The van der Waals surface area contributed by atoms with Crippen LogP contribution in [0, 0.1) is 5.41 Å². The third-order valence-electron chi connectivity index (χ3n) is 5.29. The minimum absolute atomic E-state index is 0.0236. The van der Waals surface area contributed by atoms with Gasteiger partial charge in [-0.3, -0.25) is 4.98 Å². The Hall–Kier alpha value is -2.86. The van der Waals surface area contributed by atoms with Gasteiger partial charge in [-0.25, -0.2) is 4.98 Å². The summed E-state index contributed by atoms with van der Waals surface area (Å²) in [7, 11) is 0. The van der Waals surface area contributed by atoms with Crippen molar-refractivity contribution in [2.75, 3.05) is 6.61 Å². The Morgan fingerprint density at radius 2 is 2.08 bits per heavy atom. The molecule has 1 saturated carbocycles. The van der Waals surface area contributed by atoms with E-state index < -0.39 is 0 Å². The van der Waals surface area contributed by atoms with E-state index in [-0.39, 0.29) is 18.1 Å². The average Bonchev–Trinajstić information content (AvgIpc) is 3.23. The first-order valence-electron chi connectivity index (χ1n) is 8.82. The Morgan fingerprint density at radius 3 is 2.88 bits per heavy atom. The van der Waals surface area contributed by atoms with E-state index in [9.17, 15) is 5.11 Å². The molecule has 6 heteroatoms. The molecule has 1 fully saturated rings. The maximum atomic E-state index is 9.36. The van der Waals surface area contributed by atoms with Gasteiger partial charge in [-0.05, 0) is 42.5 Å². The quantitative estimate of drug-likeness (QED) is 0.592. The highest BCUT2D eigenvalue weighted by Crippen LogP contribution is 2.42. The largest absolute Gasteiger partial charge is 0.490 e. The zero-order valence-electron chi connectivity index (χ0n) is 14.5. The van der Waals surface area contributed by atoms with Gasteiger partial charge in [-0.2, -0.15) is 0 Å². The molecule has 0 unspecified atom stereocenters. The molecule has 0 saturated heterocycles. The number of hydrogen-bond donors (Lipinski definition) is 2. The van der Waals surface area contributed by atoms with Gasteiger partial charge in [0.1, 0.15) is 17.1 Å². The van der Waals surface area contributed by atoms with Gasteiger partial charge in [0, 0.05) is 36.7 Å². The number of aromatic nitrogens is 4. The minimum atomic E-state index is 0.0236. The molecular weight excluding hydrogens is 328 g/mol. The summed E-state index contributed by atoms with van der Waals surface area (Å²) in [6.07, 6.45) is 7.40. The molecule has 26 heavy (non-hydrogen) atoms. The Labute approximate surface area is 150 Å². The highest BCUT2D eigenvalue weighted by atomic mass is 16.5. The number of aliphatic hydroxyl groups is 1. The lowest BCUT2D eigenvalue weighted by atomic mass is 9.69. The van der Waals surface area contributed by atoms with Crippen molar-refractivity contribution in [3.05, 3.63) is 48.9 Å². The van der Waals surface area contributed by atoms with Gasteiger partial charge >= 0.3 is 0 Å². The fourth-order valence-electron chi connectivity index (χ4n) is 3.82. The summed E-state index contributed by atoms with van der Waals surface area (Å²) in [5.41, 5.74) is 2.75. The van der Waals surface area contributed by atoms with E-state index in [1.807, 2.05) is 18.3 Å². The molecule has 132 valence electrons. The molecule has 1 aliphatic carbocycles. The Morgan fingerprint density at radius 1 is 1.23 bits per heavy atom. The average molecular weight is 348 g/mol. The number of aromatic amines is 1. The molecule has 4 aromatic rings. The molecule has 5 rings (SSSR count). The van der Waals surface area contributed by atoms with Crippen molar-refractivity contribution in [2.24, 2.45) is 5.41 Å². The molecule has 0 radical (unpaired) electrons. The number of nitrogens with zero attached hydrogens (tertiary/aromatic N) is 3. The van der Waals surface area contributed by atoms with Crippen molar-refractivity contribution >= 4 is 22.1 Å². The zero-order valence-corrected chi connectivity index (χ0v) is 14.5. The van der Waals surface area contributed by atoms with Gasteiger partial charge in [0.2, 0.25) is 0 Å². The second kappa shape index (κ2) is 5.57. The number of benzene rings is 1. The van der Waals surface area contributed by atoms with Crippen molar-refractivity contribution in [3.63, 3.8) is 0 Å². The molecule has 0 amide bonds. The standard InChI is InChI=1S/C20H20N4O2/c1-20(12-25)10-15(11-20)26-14-2-3-17-13(8-14)4-7-24(17)18-9-16-19(23-18)22-6-5-21-16/h2-9,15,25H,10-12H2,1H3,(H,22,23). The predicted molar refractivity (Wildman–Crippen MR) is 99.6 cm³/mol. The van der Waals surface area contributed by atoms with Crippen LogP contribution in [0.4, 0.5) is 0 Å². The number of aliphatic hydroxyl groups excluding tert-OH is 1. The summed E-state index contributed by atoms with van der Waals surface area (Å²) < 4.78 is 8.16. The number of nitrogens with one attached hydrogen (secondary N) is 1. The second-order valence-corrected chi connectivity index (χ2v) is 7.47. The lowest BCUT2D eigenvalue weighted by molar-refractivity contribution is -0.0376. The van der Waals surface area contributed by atoms with Crippen LogP contribution in [0.1, 0.15) is 19.8 Å². The summed E-state index contributed by atoms with van der Waals surface area (Å²) >= 11 is 0. The molecule has 3 heterocycles. The fourth-order valence-corrected chi connectivity index (χ4v) is 3.82. The first-order chi connectivity index (χ1) is 12.6. The number of H-pyrrole nitrogens is 1. The summed E-state index contributed by atoms with van der Waals surface area (Å²) in [6.45, 7) is 2.32. The van der Waals surface area contributed by atoms with Crippen LogP contribution in [-0.4, -0.2) is 37.3 Å². The first kappa shape index (κ1) is 15.4. The van der Waals surface area contributed by atoms with Crippen LogP contribution in [0.5, 0.6) is 5.75 Å². The lowest BCUT2D eigenvalue weighted by Crippen LogP contribution is -2.44. The van der Waals surface area contributed by atoms with Crippen molar-refractivity contribution < 1.29 is 9.84 Å². The molecule has 1 aromatic carbocycles. The molecule has 0 aliphatic heterocycles. The highest BCUT2D eigenvalue weighted by molar-refractivity contribution is 5.84. The lowest BCUT2D eigenvalue weighted by Gasteiger charge is -2.43. The van der Waals surface area contributed by atoms with E-state index >= 15 is 0 Å². The van der Waals surface area contributed by atoms with Crippen LogP contribution >= 0.6 is 0 Å². The van der Waals surface area contributed by atoms with Crippen molar-refractivity contribution in [1.82, 2.24) is 19.5 Å². The third-order valence-corrected chi connectivity index (χ3v) is 5.29. The topological polar surface area (TPSA) is 76.0 Å². The van der Waals surface area contributed by atoms with Crippen LogP contribution in [0.3, 0.4) is 0 Å². The van der Waals surface area contributed by atoms with Gasteiger partial charge in [0.15, 0.2) is 5.65 Å². The van der Waals surface area contributed by atoms with Crippen LogP contribution < -0.4 is 4.74 Å². The maximum Gasteiger partial charge on any atom is 0.157 e.